The zero-order valence-corrected chi connectivity index (χ0v) is 9.88. The van der Waals surface area contributed by atoms with Crippen molar-refractivity contribution in [2.75, 3.05) is 7.11 Å². The van der Waals surface area contributed by atoms with E-state index in [-0.39, 0.29) is 12.0 Å². The normalized spacial score (nSPS) is 14.2. The summed E-state index contributed by atoms with van der Waals surface area (Å²) in [5.41, 5.74) is 0.839. The lowest BCUT2D eigenvalue weighted by Gasteiger charge is -2.19. The Balaban J connectivity index is 2.66. The molecule has 5 nitrogen and oxygen atoms in total. The number of hydrogen-bond acceptors (Lipinski definition) is 4. The zero-order chi connectivity index (χ0) is 12.8. The first-order valence-corrected chi connectivity index (χ1v) is 5.32. The molecule has 0 amide bonds. The second-order valence-electron chi connectivity index (χ2n) is 3.81. The van der Waals surface area contributed by atoms with Gasteiger partial charge in [0.1, 0.15) is 18.0 Å². The highest BCUT2D eigenvalue weighted by atomic mass is 16.5. The predicted molar refractivity (Wildman–Crippen MR) is 62.8 cm³/mol. The van der Waals surface area contributed by atoms with Crippen LogP contribution >= 0.6 is 0 Å². The van der Waals surface area contributed by atoms with Gasteiger partial charge >= 0.3 is 5.97 Å². The van der Waals surface area contributed by atoms with Crippen molar-refractivity contribution in [1.82, 2.24) is 5.32 Å². The number of phenols is 1. The van der Waals surface area contributed by atoms with Gasteiger partial charge in [0.15, 0.2) is 0 Å². The second kappa shape index (κ2) is 6.22. The maximum absolute atomic E-state index is 11.1. The van der Waals surface area contributed by atoms with Gasteiger partial charge in [-0.2, -0.15) is 0 Å². The van der Waals surface area contributed by atoms with Crippen LogP contribution in [0.2, 0.25) is 0 Å². The first-order chi connectivity index (χ1) is 8.02. The fourth-order valence-corrected chi connectivity index (χ4v) is 1.44. The molecule has 0 saturated heterocycles. The molecule has 0 heterocycles. The molecule has 1 unspecified atom stereocenters. The van der Waals surface area contributed by atoms with E-state index in [0.717, 1.165) is 5.56 Å². The van der Waals surface area contributed by atoms with Crippen LogP contribution in [0.25, 0.3) is 0 Å². The minimum absolute atomic E-state index is 0.166. The van der Waals surface area contributed by atoms with Gasteiger partial charge in [0.25, 0.3) is 0 Å². The Morgan fingerprint density at radius 3 is 2.47 bits per heavy atom. The summed E-state index contributed by atoms with van der Waals surface area (Å²) in [4.78, 5) is 11.1. The second-order valence-corrected chi connectivity index (χ2v) is 3.81. The summed E-state index contributed by atoms with van der Waals surface area (Å²) in [5.74, 6) is -0.763. The minimum atomic E-state index is -0.929. The van der Waals surface area contributed by atoms with E-state index in [9.17, 15) is 4.79 Å². The molecule has 5 heteroatoms. The third kappa shape index (κ3) is 4.42. The van der Waals surface area contributed by atoms with Gasteiger partial charge in [-0.15, -0.1) is 0 Å². The Morgan fingerprint density at radius 2 is 2.00 bits per heavy atom. The Kier molecular flexibility index (Phi) is 4.93. The van der Waals surface area contributed by atoms with Gasteiger partial charge in [-0.3, -0.25) is 10.1 Å². The van der Waals surface area contributed by atoms with E-state index >= 15 is 0 Å². The highest BCUT2D eigenvalue weighted by molar-refractivity contribution is 5.73. The molecule has 1 aromatic carbocycles. The largest absolute Gasteiger partial charge is 0.508 e. The number of ether oxygens (including phenoxy) is 1. The van der Waals surface area contributed by atoms with Crippen molar-refractivity contribution in [1.29, 1.82) is 0 Å². The lowest BCUT2D eigenvalue weighted by atomic mass is 10.1. The first kappa shape index (κ1) is 13.5. The quantitative estimate of drug-likeness (QED) is 0.645. The van der Waals surface area contributed by atoms with Gasteiger partial charge in [0.05, 0.1) is 0 Å². The number of hydrogen-bond donors (Lipinski definition) is 3. The van der Waals surface area contributed by atoms with Gasteiger partial charge in [0.2, 0.25) is 0 Å². The SMILES string of the molecule is COC(C)N[C@@H](Cc1ccc(O)cc1)C(=O)O. The topological polar surface area (TPSA) is 78.8 Å². The predicted octanol–water partition coefficient (Wildman–Crippen LogP) is 0.970. The third-order valence-electron chi connectivity index (χ3n) is 2.46. The lowest BCUT2D eigenvalue weighted by Crippen LogP contribution is -2.44. The fourth-order valence-electron chi connectivity index (χ4n) is 1.44. The van der Waals surface area contributed by atoms with Crippen LogP contribution in [0.1, 0.15) is 12.5 Å². The van der Waals surface area contributed by atoms with E-state index in [2.05, 4.69) is 5.32 Å². The number of carboxylic acids is 1. The van der Waals surface area contributed by atoms with Crippen molar-refractivity contribution >= 4 is 5.97 Å². The van der Waals surface area contributed by atoms with Crippen molar-refractivity contribution < 1.29 is 19.7 Å². The van der Waals surface area contributed by atoms with Crippen LogP contribution in [0.3, 0.4) is 0 Å². The molecule has 0 saturated carbocycles. The van der Waals surface area contributed by atoms with E-state index in [1.165, 1.54) is 19.2 Å². The van der Waals surface area contributed by atoms with Crippen molar-refractivity contribution in [3.8, 4) is 5.75 Å². The maximum Gasteiger partial charge on any atom is 0.321 e. The van der Waals surface area contributed by atoms with Crippen LogP contribution in [-0.4, -0.2) is 35.6 Å². The molecule has 0 aliphatic rings. The molecule has 0 spiro atoms. The molecule has 17 heavy (non-hydrogen) atoms. The van der Waals surface area contributed by atoms with Crippen LogP contribution in [-0.2, 0) is 16.0 Å². The standard InChI is InChI=1S/C12H17NO4/c1-8(17-2)13-11(12(15)16)7-9-3-5-10(14)6-4-9/h3-6,8,11,13-14H,7H2,1-2H3,(H,15,16)/t8?,11-/m0/s1. The van der Waals surface area contributed by atoms with Crippen LogP contribution in [0, 0.1) is 0 Å². The highest BCUT2D eigenvalue weighted by Crippen LogP contribution is 2.11. The van der Waals surface area contributed by atoms with Gasteiger partial charge < -0.3 is 14.9 Å². The van der Waals surface area contributed by atoms with E-state index in [4.69, 9.17) is 14.9 Å². The fraction of sp³-hybridized carbons (Fsp3) is 0.417. The summed E-state index contributed by atoms with van der Waals surface area (Å²) in [6, 6.07) is 5.76. The molecule has 0 bridgehead atoms. The number of benzene rings is 1. The molecule has 2 atom stereocenters. The molecule has 3 N–H and O–H groups in total. The maximum atomic E-state index is 11.1. The summed E-state index contributed by atoms with van der Waals surface area (Å²) in [7, 11) is 1.51. The van der Waals surface area contributed by atoms with Crippen molar-refractivity contribution in [3.63, 3.8) is 0 Å². The average molecular weight is 239 g/mol. The monoisotopic (exact) mass is 239 g/mol. The number of rotatable bonds is 6. The Labute approximate surface area is 100 Å². The van der Waals surface area contributed by atoms with E-state index in [1.54, 1.807) is 19.1 Å². The van der Waals surface area contributed by atoms with Crippen molar-refractivity contribution in [2.24, 2.45) is 0 Å². The average Bonchev–Trinajstić information content (AvgIpc) is 2.30. The van der Waals surface area contributed by atoms with E-state index in [1.807, 2.05) is 0 Å². The Bertz CT molecular complexity index is 363. The van der Waals surface area contributed by atoms with Crippen molar-refractivity contribution in [2.45, 2.75) is 25.6 Å². The molecule has 0 fully saturated rings. The molecule has 94 valence electrons. The van der Waals surface area contributed by atoms with Gasteiger partial charge in [-0.05, 0) is 31.0 Å². The Morgan fingerprint density at radius 1 is 1.41 bits per heavy atom. The molecule has 0 aliphatic heterocycles. The lowest BCUT2D eigenvalue weighted by molar-refractivity contribution is -0.140. The van der Waals surface area contributed by atoms with Crippen LogP contribution in [0.4, 0.5) is 0 Å². The summed E-state index contributed by atoms with van der Waals surface area (Å²) in [5, 5.41) is 21.0. The van der Waals surface area contributed by atoms with Crippen LogP contribution in [0.15, 0.2) is 24.3 Å². The molecule has 0 aliphatic carbocycles. The molecule has 0 aromatic heterocycles. The third-order valence-corrected chi connectivity index (χ3v) is 2.46. The first-order valence-electron chi connectivity index (χ1n) is 5.32. The van der Waals surface area contributed by atoms with Crippen LogP contribution in [0.5, 0.6) is 5.75 Å². The molecular weight excluding hydrogens is 222 g/mol. The number of carboxylic acid groups (broad SMARTS) is 1. The van der Waals surface area contributed by atoms with E-state index < -0.39 is 12.0 Å². The Hall–Kier alpha value is -1.59. The summed E-state index contributed by atoms with van der Waals surface area (Å²) < 4.78 is 4.97. The molecule has 1 rings (SSSR count). The number of nitrogens with one attached hydrogen (secondary N) is 1. The van der Waals surface area contributed by atoms with E-state index in [0.29, 0.717) is 6.42 Å². The summed E-state index contributed by atoms with van der Waals surface area (Å²) >= 11 is 0. The van der Waals surface area contributed by atoms with Crippen LogP contribution < -0.4 is 5.32 Å². The van der Waals surface area contributed by atoms with Crippen molar-refractivity contribution in [3.05, 3.63) is 29.8 Å². The molecular formula is C12H17NO4. The number of carbonyl (C=O) groups is 1. The number of aromatic hydroxyl groups is 1. The zero-order valence-electron chi connectivity index (χ0n) is 9.88. The number of aliphatic carboxylic acids is 1. The van der Waals surface area contributed by atoms with Gasteiger partial charge in [-0.1, -0.05) is 12.1 Å². The molecule has 0 radical (unpaired) electrons. The summed E-state index contributed by atoms with van der Waals surface area (Å²) in [6.07, 6.45) is 0.0109. The highest BCUT2D eigenvalue weighted by Gasteiger charge is 2.19. The van der Waals surface area contributed by atoms with Gasteiger partial charge in [0, 0.05) is 7.11 Å². The number of phenolic OH excluding ortho intramolecular Hbond substituents is 1. The number of methoxy groups -OCH3 is 1. The summed E-state index contributed by atoms with van der Waals surface area (Å²) in [6.45, 7) is 1.74. The minimum Gasteiger partial charge on any atom is -0.508 e. The smallest absolute Gasteiger partial charge is 0.321 e. The molecule has 1 aromatic rings. The van der Waals surface area contributed by atoms with Gasteiger partial charge in [-0.25, -0.2) is 0 Å².